The largest absolute Gasteiger partial charge is 0.390 e. The maximum atomic E-state index is 9.84. The van der Waals surface area contributed by atoms with Crippen molar-refractivity contribution in [3.05, 3.63) is 29.8 Å². The molecule has 0 amide bonds. The topological polar surface area (TPSA) is 49.5 Å². The summed E-state index contributed by atoms with van der Waals surface area (Å²) in [6.07, 6.45) is 1.73. The molecule has 3 nitrogen and oxygen atoms in total. The lowest BCUT2D eigenvalue weighted by atomic mass is 10.0. The molecule has 0 saturated carbocycles. The van der Waals surface area contributed by atoms with E-state index in [4.69, 9.17) is 5.73 Å². The molecule has 1 aromatic carbocycles. The van der Waals surface area contributed by atoms with Crippen LogP contribution in [0.15, 0.2) is 24.3 Å². The summed E-state index contributed by atoms with van der Waals surface area (Å²) in [6.45, 7) is 8.29. The van der Waals surface area contributed by atoms with Crippen LogP contribution in [0.1, 0.15) is 32.3 Å². The molecule has 102 valence electrons. The molecule has 1 rings (SSSR count). The van der Waals surface area contributed by atoms with Gasteiger partial charge in [-0.1, -0.05) is 12.1 Å². The highest BCUT2D eigenvalue weighted by Crippen LogP contribution is 2.18. The summed E-state index contributed by atoms with van der Waals surface area (Å²) in [4.78, 5) is 2.30. The minimum Gasteiger partial charge on any atom is -0.390 e. The van der Waals surface area contributed by atoms with Gasteiger partial charge in [-0.25, -0.2) is 0 Å². The van der Waals surface area contributed by atoms with Crippen LogP contribution in [0.4, 0.5) is 5.69 Å². The van der Waals surface area contributed by atoms with Crippen LogP contribution in [-0.2, 0) is 0 Å². The Morgan fingerprint density at radius 3 is 2.56 bits per heavy atom. The molecule has 0 aliphatic rings. The molecule has 0 heterocycles. The first-order chi connectivity index (χ1) is 8.42. The van der Waals surface area contributed by atoms with Gasteiger partial charge in [0.1, 0.15) is 0 Å². The molecule has 3 N–H and O–H groups in total. The second kappa shape index (κ2) is 6.76. The van der Waals surface area contributed by atoms with E-state index in [1.165, 1.54) is 11.3 Å². The smallest absolute Gasteiger partial charge is 0.0608 e. The molecule has 18 heavy (non-hydrogen) atoms. The van der Waals surface area contributed by atoms with Crippen LogP contribution in [-0.4, -0.2) is 30.3 Å². The molecule has 0 aromatic heterocycles. The average molecular weight is 250 g/mol. The molecular formula is C15H26N2O. The van der Waals surface area contributed by atoms with Crippen LogP contribution >= 0.6 is 0 Å². The van der Waals surface area contributed by atoms with Crippen molar-refractivity contribution in [3.8, 4) is 0 Å². The van der Waals surface area contributed by atoms with Gasteiger partial charge in [-0.2, -0.15) is 0 Å². The average Bonchev–Trinajstić information content (AvgIpc) is 2.28. The highest BCUT2D eigenvalue weighted by molar-refractivity contribution is 5.48. The van der Waals surface area contributed by atoms with Crippen LogP contribution in [0, 0.1) is 6.92 Å². The number of nitrogens with two attached hydrogens (primary N) is 1. The highest BCUT2D eigenvalue weighted by Gasteiger charge is 2.15. The first-order valence-corrected chi connectivity index (χ1v) is 6.66. The Bertz CT molecular complexity index is 358. The van der Waals surface area contributed by atoms with Crippen LogP contribution in [0.3, 0.4) is 0 Å². The van der Waals surface area contributed by atoms with Gasteiger partial charge in [0, 0.05) is 18.8 Å². The van der Waals surface area contributed by atoms with Crippen LogP contribution in [0.25, 0.3) is 0 Å². The fraction of sp³-hybridized carbons (Fsp3) is 0.600. The van der Waals surface area contributed by atoms with E-state index in [1.54, 1.807) is 0 Å². The zero-order chi connectivity index (χ0) is 13.6. The van der Waals surface area contributed by atoms with E-state index in [0.29, 0.717) is 6.54 Å². The summed E-state index contributed by atoms with van der Waals surface area (Å²) in [5.41, 5.74) is 7.44. The molecule has 0 saturated heterocycles. The maximum Gasteiger partial charge on any atom is 0.0608 e. The third-order valence-corrected chi connectivity index (χ3v) is 2.99. The van der Waals surface area contributed by atoms with Crippen molar-refractivity contribution < 1.29 is 5.11 Å². The number of hydrogen-bond acceptors (Lipinski definition) is 3. The van der Waals surface area contributed by atoms with Gasteiger partial charge in [0.25, 0.3) is 0 Å². The van der Waals surface area contributed by atoms with Gasteiger partial charge in [0.05, 0.1) is 5.60 Å². The molecular weight excluding hydrogens is 224 g/mol. The van der Waals surface area contributed by atoms with E-state index in [9.17, 15) is 5.11 Å². The normalized spacial score (nSPS) is 11.6. The van der Waals surface area contributed by atoms with Crippen molar-refractivity contribution in [1.82, 2.24) is 0 Å². The predicted molar refractivity (Wildman–Crippen MR) is 78.0 cm³/mol. The Hall–Kier alpha value is -1.06. The van der Waals surface area contributed by atoms with Gasteiger partial charge in [-0.15, -0.1) is 0 Å². The Morgan fingerprint density at radius 2 is 2.00 bits per heavy atom. The van der Waals surface area contributed by atoms with Gasteiger partial charge < -0.3 is 15.7 Å². The Balaban J connectivity index is 2.71. The SMILES string of the molecule is Cc1cccc(N(CCCN)CCC(C)(C)O)c1. The summed E-state index contributed by atoms with van der Waals surface area (Å²) in [5, 5.41) is 9.84. The van der Waals surface area contributed by atoms with Crippen LogP contribution in [0.5, 0.6) is 0 Å². The van der Waals surface area contributed by atoms with Crippen molar-refractivity contribution in [2.24, 2.45) is 5.73 Å². The van der Waals surface area contributed by atoms with E-state index in [2.05, 4.69) is 36.1 Å². The fourth-order valence-corrected chi connectivity index (χ4v) is 1.89. The predicted octanol–water partition coefficient (Wildman–Crippen LogP) is 2.31. The molecule has 0 unspecified atom stereocenters. The third-order valence-electron chi connectivity index (χ3n) is 2.99. The molecule has 1 aromatic rings. The van der Waals surface area contributed by atoms with Crippen molar-refractivity contribution >= 4 is 5.69 Å². The van der Waals surface area contributed by atoms with E-state index < -0.39 is 5.60 Å². The standard InChI is InChI=1S/C15H26N2O/c1-13-6-4-7-14(12-13)17(10-5-9-16)11-8-15(2,3)18/h4,6-7,12,18H,5,8-11,16H2,1-3H3. The summed E-state index contributed by atoms with van der Waals surface area (Å²) in [6, 6.07) is 8.47. The second-order valence-electron chi connectivity index (χ2n) is 5.53. The summed E-state index contributed by atoms with van der Waals surface area (Å²) >= 11 is 0. The first-order valence-electron chi connectivity index (χ1n) is 6.66. The zero-order valence-electron chi connectivity index (χ0n) is 11.8. The van der Waals surface area contributed by atoms with Crippen molar-refractivity contribution in [1.29, 1.82) is 0 Å². The van der Waals surface area contributed by atoms with Crippen LogP contribution in [0.2, 0.25) is 0 Å². The molecule has 0 aliphatic carbocycles. The summed E-state index contributed by atoms with van der Waals surface area (Å²) in [5.74, 6) is 0. The Labute approximate surface area is 111 Å². The highest BCUT2D eigenvalue weighted by atomic mass is 16.3. The van der Waals surface area contributed by atoms with Crippen LogP contribution < -0.4 is 10.6 Å². The molecule has 0 spiro atoms. The molecule has 0 bridgehead atoms. The summed E-state index contributed by atoms with van der Waals surface area (Å²) < 4.78 is 0. The first kappa shape index (κ1) is 15.0. The lowest BCUT2D eigenvalue weighted by molar-refractivity contribution is 0.0731. The van der Waals surface area contributed by atoms with Gasteiger partial charge in [0.2, 0.25) is 0 Å². The van der Waals surface area contributed by atoms with Gasteiger partial charge >= 0.3 is 0 Å². The second-order valence-corrected chi connectivity index (χ2v) is 5.53. The fourth-order valence-electron chi connectivity index (χ4n) is 1.89. The number of nitrogens with zero attached hydrogens (tertiary/aromatic N) is 1. The van der Waals surface area contributed by atoms with Crippen molar-refractivity contribution in [2.75, 3.05) is 24.5 Å². The van der Waals surface area contributed by atoms with E-state index >= 15 is 0 Å². The number of aryl methyl sites for hydroxylation is 1. The molecule has 0 atom stereocenters. The van der Waals surface area contributed by atoms with E-state index in [-0.39, 0.29) is 0 Å². The summed E-state index contributed by atoms with van der Waals surface area (Å²) in [7, 11) is 0. The minimum atomic E-state index is -0.620. The molecule has 0 aliphatic heterocycles. The number of hydrogen-bond donors (Lipinski definition) is 2. The maximum absolute atomic E-state index is 9.84. The van der Waals surface area contributed by atoms with Crippen molar-refractivity contribution in [2.45, 2.75) is 39.2 Å². The third kappa shape index (κ3) is 5.52. The molecule has 0 radical (unpaired) electrons. The number of anilines is 1. The Kier molecular flexibility index (Phi) is 5.63. The van der Waals surface area contributed by atoms with Gasteiger partial charge in [-0.05, 0) is 57.9 Å². The quantitative estimate of drug-likeness (QED) is 0.781. The lowest BCUT2D eigenvalue weighted by Crippen LogP contribution is -2.32. The van der Waals surface area contributed by atoms with E-state index in [1.807, 2.05) is 13.8 Å². The van der Waals surface area contributed by atoms with Gasteiger partial charge in [-0.3, -0.25) is 0 Å². The van der Waals surface area contributed by atoms with E-state index in [0.717, 1.165) is 25.9 Å². The number of rotatable bonds is 7. The Morgan fingerprint density at radius 1 is 1.28 bits per heavy atom. The number of benzene rings is 1. The zero-order valence-corrected chi connectivity index (χ0v) is 11.8. The van der Waals surface area contributed by atoms with Crippen molar-refractivity contribution in [3.63, 3.8) is 0 Å². The minimum absolute atomic E-state index is 0.620. The molecule has 3 heteroatoms. The molecule has 0 fully saturated rings. The number of aliphatic hydroxyl groups is 1. The van der Waals surface area contributed by atoms with Gasteiger partial charge in [0.15, 0.2) is 0 Å². The lowest BCUT2D eigenvalue weighted by Gasteiger charge is -2.28. The monoisotopic (exact) mass is 250 g/mol.